The van der Waals surface area contributed by atoms with E-state index in [1.54, 1.807) is 4.90 Å². The summed E-state index contributed by atoms with van der Waals surface area (Å²) in [7, 11) is 2.14. The number of benzene rings is 2. The van der Waals surface area contributed by atoms with E-state index in [0.717, 1.165) is 35.7 Å². The van der Waals surface area contributed by atoms with Crippen LogP contribution < -0.4 is 14.5 Å². The van der Waals surface area contributed by atoms with Crippen LogP contribution in [0.25, 0.3) is 10.8 Å². The highest BCUT2D eigenvalue weighted by molar-refractivity contribution is 5.87. The number of hydrogen-bond acceptors (Lipinski definition) is 8. The van der Waals surface area contributed by atoms with Gasteiger partial charge in [0.25, 0.3) is 0 Å². The number of piperazine rings is 1. The molecular formula is C31H35N7O2. The standard InChI is InChI=1S/C31H35N7O2/c1-3-29(39)38-16-15-36(18-25(38)12-13-32)30-27-19-37(24-11-10-22-7-4-5-8-23(22)17-24)20-28(27)33-31(34-30)40-21-26-9-6-14-35(26)2/h3-5,7-8,10-11,17,25-26H,1,6,9,12,14-16,18-21H2,2H3/t25-,26-/m0/s1. The number of nitriles is 1. The Balaban J connectivity index is 1.31. The molecule has 3 aromatic rings. The maximum atomic E-state index is 12.5. The van der Waals surface area contributed by atoms with E-state index in [1.165, 1.54) is 23.3 Å². The number of fused-ring (bicyclic) bond motifs is 2. The maximum Gasteiger partial charge on any atom is 0.318 e. The summed E-state index contributed by atoms with van der Waals surface area (Å²) >= 11 is 0. The van der Waals surface area contributed by atoms with Crippen LogP contribution in [0.15, 0.2) is 55.1 Å². The third-order valence-electron chi connectivity index (χ3n) is 8.48. The van der Waals surface area contributed by atoms with Crippen molar-refractivity contribution < 1.29 is 9.53 Å². The Morgan fingerprint density at radius 1 is 1.10 bits per heavy atom. The molecule has 3 aliphatic heterocycles. The number of rotatable bonds is 7. The number of aromatic nitrogens is 2. The summed E-state index contributed by atoms with van der Waals surface area (Å²) in [6.45, 7) is 8.29. The zero-order valence-corrected chi connectivity index (χ0v) is 23.0. The number of likely N-dealkylation sites (tertiary alicyclic amines) is 1. The molecular weight excluding hydrogens is 502 g/mol. The second-order valence-corrected chi connectivity index (χ2v) is 10.9. The fourth-order valence-electron chi connectivity index (χ4n) is 6.19. The van der Waals surface area contributed by atoms with Gasteiger partial charge in [-0.15, -0.1) is 0 Å². The summed E-state index contributed by atoms with van der Waals surface area (Å²) in [6.07, 6.45) is 3.87. The molecule has 0 N–H and O–H groups in total. The molecule has 2 saturated heterocycles. The highest BCUT2D eigenvalue weighted by atomic mass is 16.5. The molecule has 6 rings (SSSR count). The number of nitrogens with zero attached hydrogens (tertiary/aromatic N) is 7. The molecule has 1 amide bonds. The van der Waals surface area contributed by atoms with Crippen LogP contribution in [0, 0.1) is 11.3 Å². The number of anilines is 2. The topological polar surface area (TPSA) is 88.8 Å². The largest absolute Gasteiger partial charge is 0.462 e. The Morgan fingerprint density at radius 2 is 1.95 bits per heavy atom. The highest BCUT2D eigenvalue weighted by Gasteiger charge is 2.34. The summed E-state index contributed by atoms with van der Waals surface area (Å²) in [5.41, 5.74) is 3.19. The van der Waals surface area contributed by atoms with Crippen LogP contribution in [-0.2, 0) is 17.9 Å². The second kappa shape index (κ2) is 11.1. The summed E-state index contributed by atoms with van der Waals surface area (Å²) in [5, 5.41) is 11.9. The molecule has 0 radical (unpaired) electrons. The Labute approximate surface area is 235 Å². The molecule has 2 fully saturated rings. The average Bonchev–Trinajstić information content (AvgIpc) is 3.61. The molecule has 0 saturated carbocycles. The molecule has 0 aliphatic carbocycles. The SMILES string of the molecule is C=CC(=O)N1CCN(c2nc(OC[C@@H]3CCCN3C)nc3c2CN(c2ccc4ccccc4c2)C3)C[C@@H]1CC#N. The molecule has 2 atom stereocenters. The first-order chi connectivity index (χ1) is 19.5. The van der Waals surface area contributed by atoms with Crippen LogP contribution in [0.2, 0.25) is 0 Å². The summed E-state index contributed by atoms with van der Waals surface area (Å²) in [5.74, 6) is 0.705. The quantitative estimate of drug-likeness (QED) is 0.421. The second-order valence-electron chi connectivity index (χ2n) is 10.9. The van der Waals surface area contributed by atoms with Crippen LogP contribution in [0.4, 0.5) is 11.5 Å². The van der Waals surface area contributed by atoms with Crippen molar-refractivity contribution in [3.8, 4) is 12.1 Å². The minimum Gasteiger partial charge on any atom is -0.462 e. The first-order valence-electron chi connectivity index (χ1n) is 14.1. The van der Waals surface area contributed by atoms with Crippen molar-refractivity contribution in [2.45, 2.75) is 44.4 Å². The van der Waals surface area contributed by atoms with Gasteiger partial charge >= 0.3 is 6.01 Å². The van der Waals surface area contributed by atoms with E-state index in [0.29, 0.717) is 51.4 Å². The van der Waals surface area contributed by atoms with Crippen LogP contribution in [0.5, 0.6) is 6.01 Å². The lowest BCUT2D eigenvalue weighted by Gasteiger charge is -2.41. The lowest BCUT2D eigenvalue weighted by molar-refractivity contribution is -0.128. The van der Waals surface area contributed by atoms with Crippen molar-refractivity contribution in [3.05, 3.63) is 66.4 Å². The Bertz CT molecular complexity index is 1470. The van der Waals surface area contributed by atoms with Crippen molar-refractivity contribution in [3.63, 3.8) is 0 Å². The van der Waals surface area contributed by atoms with Crippen LogP contribution in [0.1, 0.15) is 30.5 Å². The highest BCUT2D eigenvalue weighted by Crippen LogP contribution is 2.36. The minimum atomic E-state index is -0.232. The van der Waals surface area contributed by atoms with Gasteiger partial charge in [0.15, 0.2) is 0 Å². The molecule has 9 nitrogen and oxygen atoms in total. The minimum absolute atomic E-state index is 0.139. The molecule has 40 heavy (non-hydrogen) atoms. The van der Waals surface area contributed by atoms with Crippen molar-refractivity contribution in [1.82, 2.24) is 19.8 Å². The molecule has 4 heterocycles. The zero-order valence-electron chi connectivity index (χ0n) is 23.0. The zero-order chi connectivity index (χ0) is 27.6. The first kappa shape index (κ1) is 26.1. The maximum absolute atomic E-state index is 12.5. The third kappa shape index (κ3) is 5.07. The number of carbonyl (C=O) groups is 1. The van der Waals surface area contributed by atoms with Gasteiger partial charge in [-0.3, -0.25) is 4.79 Å². The number of hydrogen-bond donors (Lipinski definition) is 0. The van der Waals surface area contributed by atoms with Crippen LogP contribution in [-0.4, -0.2) is 77.6 Å². The van der Waals surface area contributed by atoms with Gasteiger partial charge in [0.05, 0.1) is 30.8 Å². The number of likely N-dealkylation sites (N-methyl/N-ethyl adjacent to an activating group) is 1. The molecule has 9 heteroatoms. The van der Waals surface area contributed by atoms with Gasteiger partial charge in [-0.05, 0) is 55.4 Å². The molecule has 0 bridgehead atoms. The van der Waals surface area contributed by atoms with Gasteiger partial charge in [0.1, 0.15) is 12.4 Å². The number of amides is 1. The number of ether oxygens (including phenoxy) is 1. The predicted molar refractivity (Wildman–Crippen MR) is 155 cm³/mol. The monoisotopic (exact) mass is 537 g/mol. The Hall–Kier alpha value is -4.16. The summed E-state index contributed by atoms with van der Waals surface area (Å²) < 4.78 is 6.23. The molecule has 3 aliphatic rings. The van der Waals surface area contributed by atoms with Crippen molar-refractivity contribution >= 4 is 28.2 Å². The predicted octanol–water partition coefficient (Wildman–Crippen LogP) is 3.74. The van der Waals surface area contributed by atoms with Gasteiger partial charge < -0.3 is 24.3 Å². The van der Waals surface area contributed by atoms with Gasteiger partial charge in [-0.1, -0.05) is 36.9 Å². The fraction of sp³-hybridized carbons (Fsp3) is 0.419. The smallest absolute Gasteiger partial charge is 0.318 e. The van der Waals surface area contributed by atoms with E-state index in [9.17, 15) is 10.1 Å². The third-order valence-corrected chi connectivity index (χ3v) is 8.48. The van der Waals surface area contributed by atoms with E-state index in [4.69, 9.17) is 14.7 Å². The Kier molecular flexibility index (Phi) is 7.27. The van der Waals surface area contributed by atoms with E-state index in [1.807, 2.05) is 0 Å². The molecule has 0 unspecified atom stereocenters. The molecule has 2 aromatic carbocycles. The van der Waals surface area contributed by atoms with Crippen molar-refractivity contribution in [2.24, 2.45) is 0 Å². The summed E-state index contributed by atoms with van der Waals surface area (Å²) in [6, 6.07) is 17.7. The van der Waals surface area contributed by atoms with E-state index in [2.05, 4.69) is 76.9 Å². The number of carbonyl (C=O) groups excluding carboxylic acids is 1. The van der Waals surface area contributed by atoms with E-state index in [-0.39, 0.29) is 18.4 Å². The lowest BCUT2D eigenvalue weighted by atomic mass is 10.1. The van der Waals surface area contributed by atoms with Gasteiger partial charge in [-0.2, -0.15) is 15.2 Å². The van der Waals surface area contributed by atoms with Crippen LogP contribution >= 0.6 is 0 Å². The lowest BCUT2D eigenvalue weighted by Crippen LogP contribution is -2.55. The van der Waals surface area contributed by atoms with Crippen LogP contribution in [0.3, 0.4) is 0 Å². The summed E-state index contributed by atoms with van der Waals surface area (Å²) in [4.78, 5) is 31.0. The molecule has 1 aromatic heterocycles. The van der Waals surface area contributed by atoms with Gasteiger partial charge in [0.2, 0.25) is 5.91 Å². The van der Waals surface area contributed by atoms with E-state index >= 15 is 0 Å². The van der Waals surface area contributed by atoms with Gasteiger partial charge in [0, 0.05) is 43.5 Å². The molecule has 0 spiro atoms. The molecule has 206 valence electrons. The fourth-order valence-corrected chi connectivity index (χ4v) is 6.19. The first-order valence-corrected chi connectivity index (χ1v) is 14.1. The average molecular weight is 538 g/mol. The van der Waals surface area contributed by atoms with Crippen molar-refractivity contribution in [2.75, 3.05) is 49.6 Å². The van der Waals surface area contributed by atoms with Crippen molar-refractivity contribution in [1.29, 1.82) is 5.26 Å². The Morgan fingerprint density at radius 3 is 2.73 bits per heavy atom. The normalized spacial score (nSPS) is 20.9. The van der Waals surface area contributed by atoms with E-state index < -0.39 is 0 Å². The van der Waals surface area contributed by atoms with Gasteiger partial charge in [-0.25, -0.2) is 0 Å².